The fourth-order valence-electron chi connectivity index (χ4n) is 2.70. The molecular weight excluding hydrogens is 391 g/mol. The molecule has 0 aromatic heterocycles. The molecule has 148 valence electrons. The van der Waals surface area contributed by atoms with Crippen LogP contribution in [-0.2, 0) is 37.7 Å². The summed E-state index contributed by atoms with van der Waals surface area (Å²) in [5, 5.41) is 9.14. The maximum Gasteiger partial charge on any atom is 0.500 e. The van der Waals surface area contributed by atoms with Crippen LogP contribution in [0.3, 0.4) is 0 Å². The van der Waals surface area contributed by atoms with Crippen molar-refractivity contribution in [1.29, 1.82) is 0 Å². The van der Waals surface area contributed by atoms with Crippen molar-refractivity contribution in [2.24, 2.45) is 0 Å². The van der Waals surface area contributed by atoms with Gasteiger partial charge in [-0.05, 0) is 40.0 Å². The van der Waals surface area contributed by atoms with E-state index in [4.69, 9.17) is 19.1 Å². The molecule has 0 aliphatic carbocycles. The van der Waals surface area contributed by atoms with E-state index in [1.807, 2.05) is 60.7 Å². The van der Waals surface area contributed by atoms with E-state index in [0.29, 0.717) is 5.56 Å². The third-order valence-corrected chi connectivity index (χ3v) is 4.56. The third kappa shape index (κ3) is 5.56. The summed E-state index contributed by atoms with van der Waals surface area (Å²) in [7, 11) is -1.15. The van der Waals surface area contributed by atoms with Crippen molar-refractivity contribution in [3.05, 3.63) is 107 Å². The van der Waals surface area contributed by atoms with Crippen LogP contribution in [0.25, 0.3) is 0 Å². The highest BCUT2D eigenvalue weighted by atomic mass is 31.1. The van der Waals surface area contributed by atoms with Crippen molar-refractivity contribution in [3.8, 4) is 0 Å². The van der Waals surface area contributed by atoms with Crippen LogP contribution in [0.1, 0.15) is 27.0 Å². The van der Waals surface area contributed by atoms with E-state index in [1.165, 1.54) is 24.3 Å². The molecule has 1 atom stereocenters. The summed E-state index contributed by atoms with van der Waals surface area (Å²) in [6, 6.07) is 24.7. The van der Waals surface area contributed by atoms with Gasteiger partial charge >= 0.3 is 20.6 Å². The average Bonchev–Trinajstić information content (AvgIpc) is 2.77. The first-order valence-electron chi connectivity index (χ1n) is 8.88. The fourth-order valence-corrected chi connectivity index (χ4v) is 3.05. The van der Waals surface area contributed by atoms with Gasteiger partial charge in [0.2, 0.25) is 0 Å². The van der Waals surface area contributed by atoms with E-state index >= 15 is 0 Å². The summed E-state index contributed by atoms with van der Waals surface area (Å²) in [6.45, 7) is 0.279. The van der Waals surface area contributed by atoms with Crippen LogP contribution < -0.4 is 0 Å². The summed E-state index contributed by atoms with van der Waals surface area (Å²) in [4.78, 5) is 11.2. The molecule has 1 N–H and O–H groups in total. The van der Waals surface area contributed by atoms with Gasteiger partial charge in [-0.1, -0.05) is 65.2 Å². The van der Waals surface area contributed by atoms with E-state index in [1.54, 1.807) is 0 Å². The maximum absolute atomic E-state index is 11.5. The molecule has 0 heterocycles. The van der Waals surface area contributed by atoms with Crippen LogP contribution in [0.5, 0.6) is 0 Å². The number of carboxylic acid groups (broad SMARTS) is 1. The van der Waals surface area contributed by atoms with Crippen LogP contribution in [0.2, 0.25) is 0 Å². The molecule has 0 amide bonds. The largest absolute Gasteiger partial charge is 0.500 e. The van der Waals surface area contributed by atoms with Crippen LogP contribution in [0, 0.1) is 0 Å². The number of aromatic carboxylic acids is 1. The van der Waals surface area contributed by atoms with Crippen LogP contribution in [-0.4, -0.2) is 11.1 Å². The average molecular weight is 411 g/mol. The Morgan fingerprint density at radius 3 is 1.69 bits per heavy atom. The minimum Gasteiger partial charge on any atom is -0.478 e. The minimum absolute atomic E-state index is 0.110. The van der Waals surface area contributed by atoms with Gasteiger partial charge in [0.05, 0.1) is 18.8 Å². The Morgan fingerprint density at radius 2 is 1.28 bits per heavy atom. The van der Waals surface area contributed by atoms with Gasteiger partial charge in [0.1, 0.15) is 0 Å². The van der Waals surface area contributed by atoms with Gasteiger partial charge in [-0.15, -0.1) is 0 Å². The first-order valence-corrected chi connectivity index (χ1v) is 9.69. The molecule has 0 saturated carbocycles. The highest BCUT2D eigenvalue weighted by Gasteiger charge is 2.41. The second-order valence-electron chi connectivity index (χ2n) is 6.17. The standard InChI is InChI=1S/C22H19O6P/c23-21(24)19-11-13-20(14-12-19)22(28-29-25,26-15-17-7-3-1-4-8-17)27-16-18-9-5-2-6-10-18/h1-14,29H,15-16H2/p+1. The van der Waals surface area contributed by atoms with Crippen molar-refractivity contribution in [3.63, 3.8) is 0 Å². The van der Waals surface area contributed by atoms with Crippen molar-refractivity contribution in [2.45, 2.75) is 19.2 Å². The van der Waals surface area contributed by atoms with E-state index in [0.717, 1.165) is 11.1 Å². The van der Waals surface area contributed by atoms with Gasteiger partial charge in [0.15, 0.2) is 0 Å². The highest BCUT2D eigenvalue weighted by molar-refractivity contribution is 7.17. The lowest BCUT2D eigenvalue weighted by atomic mass is 10.1. The lowest BCUT2D eigenvalue weighted by molar-refractivity contribution is -0.363. The molecule has 0 aliphatic rings. The predicted octanol–water partition coefficient (Wildman–Crippen LogP) is 4.88. The van der Waals surface area contributed by atoms with Crippen molar-refractivity contribution >= 4 is 14.7 Å². The Kier molecular flexibility index (Phi) is 7.22. The molecule has 0 radical (unpaired) electrons. The quantitative estimate of drug-likeness (QED) is 0.378. The van der Waals surface area contributed by atoms with Crippen molar-refractivity contribution < 1.29 is 28.5 Å². The number of carbonyl (C=O) groups is 1. The number of carboxylic acids is 1. The lowest BCUT2D eigenvalue weighted by Crippen LogP contribution is -2.34. The van der Waals surface area contributed by atoms with E-state index in [2.05, 4.69) is 0 Å². The normalized spacial score (nSPS) is 11.4. The Bertz CT molecular complexity index is 885. The molecule has 29 heavy (non-hydrogen) atoms. The molecular formula is C22H20O6P+. The fraction of sp³-hybridized carbons (Fsp3) is 0.136. The molecule has 1 unspecified atom stereocenters. The predicted molar refractivity (Wildman–Crippen MR) is 108 cm³/mol. The van der Waals surface area contributed by atoms with Gasteiger partial charge in [0.25, 0.3) is 0 Å². The number of ether oxygens (including phenoxy) is 2. The molecule has 0 saturated heterocycles. The maximum atomic E-state index is 11.5. The molecule has 0 aliphatic heterocycles. The molecule has 7 heteroatoms. The van der Waals surface area contributed by atoms with Gasteiger partial charge in [-0.3, -0.25) is 0 Å². The minimum atomic E-state index is -1.76. The summed E-state index contributed by atoms with van der Waals surface area (Å²) in [6.07, 6.45) is 0. The molecule has 0 fully saturated rings. The van der Waals surface area contributed by atoms with Crippen LogP contribution in [0.15, 0.2) is 84.9 Å². The van der Waals surface area contributed by atoms with Crippen molar-refractivity contribution in [1.82, 2.24) is 0 Å². The number of hydrogen-bond acceptors (Lipinski definition) is 5. The van der Waals surface area contributed by atoms with Crippen molar-refractivity contribution in [2.75, 3.05) is 0 Å². The zero-order valence-corrected chi connectivity index (χ0v) is 16.5. The van der Waals surface area contributed by atoms with E-state index in [9.17, 15) is 9.36 Å². The van der Waals surface area contributed by atoms with E-state index < -0.39 is 20.6 Å². The van der Waals surface area contributed by atoms with Gasteiger partial charge in [0, 0.05) is 5.56 Å². The van der Waals surface area contributed by atoms with E-state index in [-0.39, 0.29) is 18.8 Å². The van der Waals surface area contributed by atoms with Gasteiger partial charge in [-0.25, -0.2) is 4.79 Å². The molecule has 3 rings (SSSR count). The first kappa shape index (κ1) is 20.8. The molecule has 0 spiro atoms. The summed E-state index contributed by atoms with van der Waals surface area (Å²) >= 11 is 0. The molecule has 6 nitrogen and oxygen atoms in total. The molecule has 3 aromatic rings. The number of rotatable bonds is 10. The molecule has 0 bridgehead atoms. The highest BCUT2D eigenvalue weighted by Crippen LogP contribution is 2.35. The second-order valence-corrected chi connectivity index (χ2v) is 6.54. The Morgan fingerprint density at radius 1 is 0.793 bits per heavy atom. The Balaban J connectivity index is 1.91. The summed E-state index contributed by atoms with van der Waals surface area (Å²) < 4.78 is 28.9. The second kappa shape index (κ2) is 10.0. The topological polar surface area (TPSA) is 82.1 Å². The lowest BCUT2D eigenvalue weighted by Gasteiger charge is -2.28. The van der Waals surface area contributed by atoms with Crippen LogP contribution in [0.4, 0.5) is 0 Å². The molecule has 3 aromatic carbocycles. The Hall–Kier alpha value is -2.89. The SMILES string of the molecule is O=[PH+]OC(OCc1ccccc1)(OCc1ccccc1)c1ccc(C(=O)O)cc1. The van der Waals surface area contributed by atoms with Gasteiger partial charge < -0.3 is 14.6 Å². The first-order chi connectivity index (χ1) is 14.1. The Labute approximate surface area is 170 Å². The number of hydrogen-bond donors (Lipinski definition) is 1. The summed E-state index contributed by atoms with van der Waals surface area (Å²) in [5.41, 5.74) is 2.26. The zero-order valence-electron chi connectivity index (χ0n) is 15.5. The number of benzene rings is 3. The smallest absolute Gasteiger partial charge is 0.478 e. The third-order valence-electron chi connectivity index (χ3n) is 4.20. The van der Waals surface area contributed by atoms with Gasteiger partial charge in [-0.2, -0.15) is 0 Å². The van der Waals surface area contributed by atoms with Crippen LogP contribution >= 0.6 is 8.69 Å². The monoisotopic (exact) mass is 411 g/mol. The zero-order chi connectivity index (χ0) is 20.5. The summed E-state index contributed by atoms with van der Waals surface area (Å²) in [5.74, 6) is -2.81.